The van der Waals surface area contributed by atoms with Gasteiger partial charge in [-0.3, -0.25) is 19.3 Å². The molecule has 17 heteroatoms. The zero-order valence-corrected chi connectivity index (χ0v) is 24.2. The molecule has 4 atom stereocenters. The lowest BCUT2D eigenvalue weighted by molar-refractivity contribution is -0.169. The number of rotatable bonds is 12. The maximum absolute atomic E-state index is 13.2. The zero-order chi connectivity index (χ0) is 29.4. The molecule has 2 rings (SSSR count). The van der Waals surface area contributed by atoms with E-state index in [1.807, 2.05) is 0 Å². The predicted octanol–water partition coefficient (Wildman–Crippen LogP) is 1.28. The first-order chi connectivity index (χ1) is 18.3. The summed E-state index contributed by atoms with van der Waals surface area (Å²) in [7, 11) is 3.00. The molecule has 3 unspecified atom stereocenters. The second-order valence-electron chi connectivity index (χ2n) is 8.72. The zero-order valence-electron chi connectivity index (χ0n) is 21.8. The van der Waals surface area contributed by atoms with Crippen molar-refractivity contribution in [3.63, 3.8) is 0 Å². The molecule has 0 aromatic rings. The van der Waals surface area contributed by atoms with Crippen molar-refractivity contribution in [3.05, 3.63) is 16.2 Å². The molecule has 1 N–H and O–H groups in total. The molecule has 39 heavy (non-hydrogen) atoms. The molecular formula is C22H29BrN4O11S. The smallest absolute Gasteiger partial charge is 0.449 e. The Labute approximate surface area is 236 Å². The van der Waals surface area contributed by atoms with E-state index in [2.05, 4.69) is 26.4 Å². The van der Waals surface area contributed by atoms with Crippen molar-refractivity contribution in [3.8, 4) is 0 Å². The molecule has 15 nitrogen and oxygen atoms in total. The molecule has 2 aliphatic rings. The van der Waals surface area contributed by atoms with E-state index in [1.165, 1.54) is 37.7 Å². The molecule has 2 heterocycles. The maximum Gasteiger partial charge on any atom is 0.511 e. The normalized spacial score (nSPS) is 19.7. The third kappa shape index (κ3) is 8.14. The predicted molar refractivity (Wildman–Crippen MR) is 138 cm³/mol. The lowest BCUT2D eigenvalue weighted by atomic mass is 10.0. The van der Waals surface area contributed by atoms with Gasteiger partial charge in [-0.25, -0.2) is 14.4 Å². The largest absolute Gasteiger partial charge is 0.511 e. The van der Waals surface area contributed by atoms with Crippen molar-refractivity contribution >= 4 is 63.5 Å². The molecule has 0 aliphatic carbocycles. The van der Waals surface area contributed by atoms with Crippen LogP contribution in [0.2, 0.25) is 0 Å². The van der Waals surface area contributed by atoms with Crippen LogP contribution in [-0.2, 0) is 38.1 Å². The SMILES string of the molecule is CC(C)OC(=O)OC(C)OC(=O)C1=C(CCOC(=O)N(C)C)CS[C@H]2C(NC(=O)C(N=O)C(=O)CBr)C(=O)N12. The quantitative estimate of drug-likeness (QED) is 0.0615. The molecule has 216 valence electrons. The van der Waals surface area contributed by atoms with Gasteiger partial charge in [0.05, 0.1) is 18.0 Å². The summed E-state index contributed by atoms with van der Waals surface area (Å²) in [6.45, 7) is 4.38. The fraction of sp³-hybridized carbons (Fsp3) is 0.636. The van der Waals surface area contributed by atoms with Gasteiger partial charge in [0.25, 0.3) is 11.8 Å². The molecule has 1 fully saturated rings. The Morgan fingerprint density at radius 2 is 1.82 bits per heavy atom. The van der Waals surface area contributed by atoms with Crippen molar-refractivity contribution in [2.75, 3.05) is 31.8 Å². The van der Waals surface area contributed by atoms with Gasteiger partial charge in [-0.2, -0.15) is 0 Å². The van der Waals surface area contributed by atoms with Crippen LogP contribution in [0.15, 0.2) is 16.4 Å². The van der Waals surface area contributed by atoms with Crippen LogP contribution in [0.4, 0.5) is 9.59 Å². The standard InChI is InChI=1S/C22H29BrN4O11S/c1-10(2)36-22(33)38-11(3)37-20(31)16-12(6-7-35-21(32)26(4)5)9-39-19-15(18(30)27(16)19)24-17(29)14(25-34)13(28)8-23/h10-11,14-15,19H,6-9H2,1-5H3,(H,24,29)/t11?,14?,15?,19-/m0/s1. The number of halogens is 1. The van der Waals surface area contributed by atoms with Crippen molar-refractivity contribution in [2.24, 2.45) is 5.18 Å². The van der Waals surface area contributed by atoms with Crippen LogP contribution in [0.1, 0.15) is 27.2 Å². The number of ether oxygens (including phenoxy) is 4. The van der Waals surface area contributed by atoms with E-state index >= 15 is 0 Å². The highest BCUT2D eigenvalue weighted by molar-refractivity contribution is 9.09. The summed E-state index contributed by atoms with van der Waals surface area (Å²) in [6.07, 6.45) is -3.44. The minimum atomic E-state index is -1.84. The topological polar surface area (TPSA) is 187 Å². The fourth-order valence-electron chi connectivity index (χ4n) is 3.40. The van der Waals surface area contributed by atoms with Gasteiger partial charge in [0.1, 0.15) is 17.1 Å². The van der Waals surface area contributed by atoms with Gasteiger partial charge in [0, 0.05) is 33.2 Å². The molecule has 0 bridgehead atoms. The van der Waals surface area contributed by atoms with Crippen molar-refractivity contribution in [1.29, 1.82) is 0 Å². The molecular weight excluding hydrogens is 608 g/mol. The Balaban J connectivity index is 2.23. The van der Waals surface area contributed by atoms with Gasteiger partial charge < -0.3 is 29.2 Å². The summed E-state index contributed by atoms with van der Waals surface area (Å²) < 4.78 is 20.1. The van der Waals surface area contributed by atoms with Gasteiger partial charge in [0.2, 0.25) is 12.3 Å². The van der Waals surface area contributed by atoms with Crippen LogP contribution in [0.5, 0.6) is 0 Å². The number of thioether (sulfide) groups is 1. The summed E-state index contributed by atoms with van der Waals surface area (Å²) in [5.74, 6) is -3.36. The minimum absolute atomic E-state index is 0.0755. The first kappa shape index (κ1) is 32.0. The Morgan fingerprint density at radius 1 is 1.15 bits per heavy atom. The molecule has 0 aromatic carbocycles. The van der Waals surface area contributed by atoms with Crippen LogP contribution in [0.25, 0.3) is 0 Å². The number of hydrogen-bond acceptors (Lipinski definition) is 13. The first-order valence-corrected chi connectivity index (χ1v) is 13.8. The minimum Gasteiger partial charge on any atom is -0.449 e. The number of nitroso groups, excluding NO2 is 1. The number of nitrogens with zero attached hydrogens (tertiary/aromatic N) is 3. The maximum atomic E-state index is 13.2. The van der Waals surface area contributed by atoms with E-state index in [1.54, 1.807) is 13.8 Å². The third-order valence-corrected chi connectivity index (χ3v) is 7.08. The Morgan fingerprint density at radius 3 is 2.38 bits per heavy atom. The van der Waals surface area contributed by atoms with Crippen LogP contribution < -0.4 is 5.32 Å². The van der Waals surface area contributed by atoms with E-state index < -0.39 is 65.7 Å². The van der Waals surface area contributed by atoms with Gasteiger partial charge in [-0.05, 0) is 24.6 Å². The highest BCUT2D eigenvalue weighted by Crippen LogP contribution is 2.41. The number of carbonyl (C=O) groups is 6. The van der Waals surface area contributed by atoms with Gasteiger partial charge in [-0.15, -0.1) is 16.7 Å². The average molecular weight is 637 g/mol. The lowest BCUT2D eigenvalue weighted by Crippen LogP contribution is -2.71. The van der Waals surface area contributed by atoms with Gasteiger partial charge >= 0.3 is 18.2 Å². The van der Waals surface area contributed by atoms with Crippen LogP contribution in [0, 0.1) is 4.91 Å². The number of fused-ring (bicyclic) bond motifs is 1. The summed E-state index contributed by atoms with van der Waals surface area (Å²) in [6, 6.07) is -2.99. The number of amides is 3. The lowest BCUT2D eigenvalue weighted by Gasteiger charge is -2.49. The molecule has 1 saturated heterocycles. The van der Waals surface area contributed by atoms with E-state index in [0.717, 1.165) is 4.90 Å². The Kier molecular flexibility index (Phi) is 11.7. The number of β-lactam (4-membered cyclic amide) rings is 1. The number of hydrogen-bond donors (Lipinski definition) is 1. The number of nitrogens with one attached hydrogen (secondary N) is 1. The number of carbonyl (C=O) groups excluding carboxylic acids is 6. The Hall–Kier alpha value is -3.21. The molecule has 0 spiro atoms. The molecule has 0 radical (unpaired) electrons. The van der Waals surface area contributed by atoms with Crippen molar-refractivity contribution in [1.82, 2.24) is 15.1 Å². The number of Topliss-reactive ketones (excluding diaryl/α,β-unsaturated/α-hetero) is 1. The molecule has 0 saturated carbocycles. The summed E-state index contributed by atoms with van der Waals surface area (Å²) >= 11 is 4.06. The van der Waals surface area contributed by atoms with E-state index in [0.29, 0.717) is 5.57 Å². The number of esters is 1. The highest BCUT2D eigenvalue weighted by Gasteiger charge is 2.55. The molecule has 3 amide bonds. The highest BCUT2D eigenvalue weighted by atomic mass is 79.9. The summed E-state index contributed by atoms with van der Waals surface area (Å²) in [4.78, 5) is 87.3. The Bertz CT molecular complexity index is 1050. The van der Waals surface area contributed by atoms with Crippen LogP contribution in [-0.4, -0.2) is 107 Å². The van der Waals surface area contributed by atoms with E-state index in [4.69, 9.17) is 18.9 Å². The fourth-order valence-corrected chi connectivity index (χ4v) is 5.09. The van der Waals surface area contributed by atoms with E-state index in [-0.39, 0.29) is 29.8 Å². The third-order valence-electron chi connectivity index (χ3n) is 5.19. The number of alkyl halides is 1. The van der Waals surface area contributed by atoms with E-state index in [9.17, 15) is 33.7 Å². The summed E-state index contributed by atoms with van der Waals surface area (Å²) in [5.41, 5.74) is 0.245. The van der Waals surface area contributed by atoms with Gasteiger partial charge in [0.15, 0.2) is 5.78 Å². The van der Waals surface area contributed by atoms with Crippen molar-refractivity contribution < 1.29 is 47.7 Å². The second-order valence-corrected chi connectivity index (χ2v) is 10.4. The average Bonchev–Trinajstić information content (AvgIpc) is 2.85. The van der Waals surface area contributed by atoms with Crippen molar-refractivity contribution in [2.45, 2.75) is 57.0 Å². The van der Waals surface area contributed by atoms with Crippen LogP contribution in [0.3, 0.4) is 0 Å². The monoisotopic (exact) mass is 636 g/mol. The second kappa shape index (κ2) is 14.3. The number of ketones is 1. The van der Waals surface area contributed by atoms with Crippen LogP contribution >= 0.6 is 27.7 Å². The molecule has 0 aromatic heterocycles. The summed E-state index contributed by atoms with van der Waals surface area (Å²) in [5, 5.41) is 3.82. The first-order valence-electron chi connectivity index (χ1n) is 11.6. The van der Waals surface area contributed by atoms with Gasteiger partial charge in [-0.1, -0.05) is 15.9 Å². The molecule has 2 aliphatic heterocycles.